The third kappa shape index (κ3) is 2.50. The summed E-state index contributed by atoms with van der Waals surface area (Å²) in [4.78, 5) is 31.2. The Kier molecular flexibility index (Phi) is 3.87. The lowest BCUT2D eigenvalue weighted by atomic mass is 10.1. The van der Waals surface area contributed by atoms with Crippen LogP contribution in [-0.4, -0.2) is 29.2 Å². The van der Waals surface area contributed by atoms with Crippen LogP contribution in [0.15, 0.2) is 77.7 Å². The van der Waals surface area contributed by atoms with E-state index in [1.165, 1.54) is 24.3 Å². The van der Waals surface area contributed by atoms with E-state index in [0.29, 0.717) is 5.52 Å². The molecule has 0 saturated carbocycles. The Bertz CT molecular complexity index is 1420. The Hall–Kier alpha value is -3.78. The van der Waals surface area contributed by atoms with Crippen molar-refractivity contribution < 1.29 is 18.0 Å². The maximum atomic E-state index is 13.6. The summed E-state index contributed by atoms with van der Waals surface area (Å²) in [7, 11) is -4.13. The van der Waals surface area contributed by atoms with Gasteiger partial charge in [0.25, 0.3) is 21.8 Å². The molecule has 0 saturated heterocycles. The molecular formula is C22H15N3O4S. The number of aryl methyl sites for hydroxylation is 1. The number of fused-ring (bicyclic) bond motifs is 2. The number of nitrogens with zero attached hydrogens (tertiary/aromatic N) is 3. The van der Waals surface area contributed by atoms with Crippen LogP contribution in [0.1, 0.15) is 26.3 Å². The fourth-order valence-electron chi connectivity index (χ4n) is 3.56. The van der Waals surface area contributed by atoms with Crippen molar-refractivity contribution in [2.75, 3.05) is 4.90 Å². The molecule has 0 radical (unpaired) electrons. The lowest BCUT2D eigenvalue weighted by Crippen LogP contribution is -2.33. The minimum atomic E-state index is -4.13. The summed E-state index contributed by atoms with van der Waals surface area (Å²) in [6.45, 7) is 1.85. The molecule has 0 N–H and O–H groups in total. The third-order valence-electron chi connectivity index (χ3n) is 5.06. The number of para-hydroxylation sites is 2. The molecule has 4 aromatic rings. The van der Waals surface area contributed by atoms with Crippen LogP contribution < -0.4 is 4.90 Å². The van der Waals surface area contributed by atoms with E-state index in [1.807, 2.05) is 6.92 Å². The second-order valence-electron chi connectivity index (χ2n) is 6.97. The van der Waals surface area contributed by atoms with E-state index in [2.05, 4.69) is 4.98 Å². The summed E-state index contributed by atoms with van der Waals surface area (Å²) in [5.74, 6) is -1.46. The number of imidazole rings is 1. The van der Waals surface area contributed by atoms with Gasteiger partial charge in [-0.1, -0.05) is 42.0 Å². The molecular weight excluding hydrogens is 402 g/mol. The van der Waals surface area contributed by atoms with E-state index < -0.39 is 21.8 Å². The molecule has 8 heteroatoms. The van der Waals surface area contributed by atoms with Gasteiger partial charge < -0.3 is 0 Å². The first-order valence-electron chi connectivity index (χ1n) is 9.17. The number of aromatic nitrogens is 2. The number of anilines is 1. The largest absolute Gasteiger partial charge is 0.271 e. The lowest BCUT2D eigenvalue weighted by Gasteiger charge is -2.16. The predicted molar refractivity (Wildman–Crippen MR) is 111 cm³/mol. The third-order valence-corrected chi connectivity index (χ3v) is 6.76. The van der Waals surface area contributed by atoms with E-state index in [-0.39, 0.29) is 27.5 Å². The minimum Gasteiger partial charge on any atom is -0.268 e. The number of amides is 2. The zero-order chi connectivity index (χ0) is 21.0. The molecule has 2 heterocycles. The second-order valence-corrected chi connectivity index (χ2v) is 8.76. The van der Waals surface area contributed by atoms with Gasteiger partial charge in [0.1, 0.15) is 0 Å². The second kappa shape index (κ2) is 6.36. The molecule has 2 amide bonds. The number of rotatable bonds is 3. The van der Waals surface area contributed by atoms with Gasteiger partial charge in [0.15, 0.2) is 0 Å². The van der Waals surface area contributed by atoms with E-state index >= 15 is 0 Å². The molecule has 0 aliphatic carbocycles. The van der Waals surface area contributed by atoms with Crippen LogP contribution >= 0.6 is 0 Å². The van der Waals surface area contributed by atoms with Crippen LogP contribution in [0, 0.1) is 6.92 Å². The number of benzene rings is 3. The van der Waals surface area contributed by atoms with Crippen LogP contribution in [0.4, 0.5) is 5.95 Å². The number of hydrogen-bond acceptors (Lipinski definition) is 5. The normalized spacial score (nSPS) is 13.8. The van der Waals surface area contributed by atoms with Gasteiger partial charge >= 0.3 is 0 Å². The molecule has 5 rings (SSSR count). The molecule has 0 bridgehead atoms. The van der Waals surface area contributed by atoms with Crippen LogP contribution in [0.3, 0.4) is 0 Å². The highest BCUT2D eigenvalue weighted by molar-refractivity contribution is 7.90. The Morgan fingerprint density at radius 3 is 1.97 bits per heavy atom. The number of carbonyl (C=O) groups is 2. The van der Waals surface area contributed by atoms with E-state index in [1.54, 1.807) is 48.5 Å². The van der Waals surface area contributed by atoms with Gasteiger partial charge in [-0.25, -0.2) is 18.3 Å². The van der Waals surface area contributed by atoms with Gasteiger partial charge in [-0.2, -0.15) is 3.97 Å². The van der Waals surface area contributed by atoms with Crippen molar-refractivity contribution in [1.82, 2.24) is 8.96 Å². The first-order chi connectivity index (χ1) is 14.4. The summed E-state index contributed by atoms with van der Waals surface area (Å²) >= 11 is 0. The highest BCUT2D eigenvalue weighted by Gasteiger charge is 2.41. The number of hydrogen-bond donors (Lipinski definition) is 0. The summed E-state index contributed by atoms with van der Waals surface area (Å²) in [6, 6.07) is 19.4. The predicted octanol–water partition coefficient (Wildman–Crippen LogP) is 3.38. The summed E-state index contributed by atoms with van der Waals surface area (Å²) < 4.78 is 28.1. The van der Waals surface area contributed by atoms with Crippen LogP contribution in [-0.2, 0) is 10.0 Å². The molecule has 3 aromatic carbocycles. The van der Waals surface area contributed by atoms with Crippen molar-refractivity contribution in [3.63, 3.8) is 0 Å². The van der Waals surface area contributed by atoms with Crippen molar-refractivity contribution in [3.05, 3.63) is 89.5 Å². The fraction of sp³-hybridized carbons (Fsp3) is 0.0455. The molecule has 7 nitrogen and oxygen atoms in total. The average Bonchev–Trinajstić information content (AvgIpc) is 3.24. The standard InChI is InChI=1S/C22H15N3O4S/c1-14-10-12-15(13-11-14)30(28,29)25-19-9-5-4-8-18(19)23-22(25)24-20(26)16-6-2-3-7-17(16)21(24)27/h2-13H,1H3. The summed E-state index contributed by atoms with van der Waals surface area (Å²) in [6.07, 6.45) is 0. The van der Waals surface area contributed by atoms with Crippen molar-refractivity contribution in [2.45, 2.75) is 11.8 Å². The molecule has 0 unspecified atom stereocenters. The van der Waals surface area contributed by atoms with Crippen LogP contribution in [0.2, 0.25) is 0 Å². The van der Waals surface area contributed by atoms with Gasteiger partial charge in [0.2, 0.25) is 5.95 Å². The van der Waals surface area contributed by atoms with Crippen molar-refractivity contribution in [2.24, 2.45) is 0 Å². The quantitative estimate of drug-likeness (QED) is 0.477. The van der Waals surface area contributed by atoms with Gasteiger partial charge in [-0.3, -0.25) is 9.59 Å². The van der Waals surface area contributed by atoms with Crippen molar-refractivity contribution >= 4 is 38.8 Å². The van der Waals surface area contributed by atoms with Gasteiger partial charge in [-0.15, -0.1) is 0 Å². The molecule has 0 atom stereocenters. The zero-order valence-electron chi connectivity index (χ0n) is 15.8. The van der Waals surface area contributed by atoms with E-state index in [4.69, 9.17) is 0 Å². The smallest absolute Gasteiger partial charge is 0.268 e. The van der Waals surface area contributed by atoms with Crippen LogP contribution in [0.5, 0.6) is 0 Å². The van der Waals surface area contributed by atoms with E-state index in [0.717, 1.165) is 14.4 Å². The Labute approximate surface area is 172 Å². The maximum Gasteiger partial charge on any atom is 0.271 e. The monoisotopic (exact) mass is 417 g/mol. The SMILES string of the molecule is Cc1ccc(S(=O)(=O)n2c(N3C(=O)c4ccccc4C3=O)nc3ccccc32)cc1. The van der Waals surface area contributed by atoms with Crippen molar-refractivity contribution in [3.8, 4) is 0 Å². The topological polar surface area (TPSA) is 89.3 Å². The average molecular weight is 417 g/mol. The van der Waals surface area contributed by atoms with Gasteiger partial charge in [0, 0.05) is 0 Å². The zero-order valence-corrected chi connectivity index (χ0v) is 16.6. The fourth-order valence-corrected chi connectivity index (χ4v) is 5.00. The van der Waals surface area contributed by atoms with Gasteiger partial charge in [-0.05, 0) is 43.3 Å². The molecule has 1 aliphatic heterocycles. The first kappa shape index (κ1) is 18.3. The van der Waals surface area contributed by atoms with E-state index in [9.17, 15) is 18.0 Å². The van der Waals surface area contributed by atoms with Gasteiger partial charge in [0.05, 0.1) is 27.1 Å². The van der Waals surface area contributed by atoms with Crippen molar-refractivity contribution in [1.29, 1.82) is 0 Å². The number of imide groups is 1. The lowest BCUT2D eigenvalue weighted by molar-refractivity contribution is 0.0924. The summed E-state index contributed by atoms with van der Waals surface area (Å²) in [5, 5.41) is 0. The number of carbonyl (C=O) groups excluding carboxylic acids is 2. The Morgan fingerprint density at radius 1 is 0.767 bits per heavy atom. The highest BCUT2D eigenvalue weighted by atomic mass is 32.2. The molecule has 0 spiro atoms. The summed E-state index contributed by atoms with van der Waals surface area (Å²) in [5.41, 5.74) is 1.98. The van der Waals surface area contributed by atoms with Crippen LogP contribution in [0.25, 0.3) is 11.0 Å². The highest BCUT2D eigenvalue weighted by Crippen LogP contribution is 2.33. The molecule has 148 valence electrons. The minimum absolute atomic E-state index is 0.0362. The Morgan fingerprint density at radius 2 is 1.33 bits per heavy atom. The molecule has 1 aliphatic rings. The molecule has 30 heavy (non-hydrogen) atoms. The first-order valence-corrected chi connectivity index (χ1v) is 10.6. The molecule has 1 aromatic heterocycles. The molecule has 0 fully saturated rings. The maximum absolute atomic E-state index is 13.6. The Balaban J connectivity index is 1.79.